The molecule has 2 aromatic carbocycles. The number of carbonyl (C=O) groups excluding carboxylic acids is 2. The maximum absolute atomic E-state index is 13.1. The first-order valence-electron chi connectivity index (χ1n) is 9.82. The quantitative estimate of drug-likeness (QED) is 0.608. The number of carbonyl (C=O) groups is 2. The average molecular weight is 445 g/mol. The molecule has 1 N–H and O–H groups in total. The summed E-state index contributed by atoms with van der Waals surface area (Å²) in [4.78, 5) is 27.6. The lowest BCUT2D eigenvalue weighted by molar-refractivity contribution is -0.141. The predicted octanol–water partition coefficient (Wildman–Crippen LogP) is 4.71. The summed E-state index contributed by atoms with van der Waals surface area (Å²) in [6.07, 6.45) is 1.70. The predicted molar refractivity (Wildman–Crippen MR) is 117 cm³/mol. The number of hydrogen-bond donors (Lipinski definition) is 1. The van der Waals surface area contributed by atoms with Gasteiger partial charge in [-0.15, -0.1) is 0 Å². The van der Waals surface area contributed by atoms with E-state index in [-0.39, 0.29) is 17.9 Å². The highest BCUT2D eigenvalue weighted by Crippen LogP contribution is 2.18. The average Bonchev–Trinajstić information content (AvgIpc) is 2.71. The molecule has 28 heavy (non-hydrogen) atoms. The summed E-state index contributed by atoms with van der Waals surface area (Å²) in [5, 5.41) is 3.06. The van der Waals surface area contributed by atoms with Crippen LogP contribution in [-0.2, 0) is 22.6 Å². The van der Waals surface area contributed by atoms with Crippen LogP contribution in [0.1, 0.15) is 44.7 Å². The van der Waals surface area contributed by atoms with Crippen molar-refractivity contribution in [2.75, 3.05) is 0 Å². The van der Waals surface area contributed by atoms with Crippen LogP contribution in [0, 0.1) is 0 Å². The van der Waals surface area contributed by atoms with Gasteiger partial charge in [-0.25, -0.2) is 0 Å². The van der Waals surface area contributed by atoms with Gasteiger partial charge in [0.1, 0.15) is 6.04 Å². The van der Waals surface area contributed by atoms with E-state index in [2.05, 4.69) is 21.2 Å². The molecule has 0 heterocycles. The molecular formula is C23H29BrN2O2. The number of benzene rings is 2. The minimum absolute atomic E-state index is 0.0249. The summed E-state index contributed by atoms with van der Waals surface area (Å²) in [5.74, 6) is -0.125. The van der Waals surface area contributed by atoms with E-state index in [4.69, 9.17) is 0 Å². The van der Waals surface area contributed by atoms with Crippen LogP contribution in [0.4, 0.5) is 0 Å². The third-order valence-electron chi connectivity index (χ3n) is 4.84. The molecule has 0 aliphatic carbocycles. The fourth-order valence-corrected chi connectivity index (χ4v) is 3.25. The highest BCUT2D eigenvalue weighted by Gasteiger charge is 2.30. The third-order valence-corrected chi connectivity index (χ3v) is 5.37. The van der Waals surface area contributed by atoms with Gasteiger partial charge in [0.15, 0.2) is 0 Å². The molecule has 2 atom stereocenters. The van der Waals surface area contributed by atoms with Gasteiger partial charge in [0.25, 0.3) is 0 Å². The van der Waals surface area contributed by atoms with Crippen LogP contribution in [0.5, 0.6) is 0 Å². The van der Waals surface area contributed by atoms with Crippen molar-refractivity contribution in [1.29, 1.82) is 0 Å². The fourth-order valence-electron chi connectivity index (χ4n) is 2.98. The molecule has 0 spiro atoms. The molecule has 0 saturated carbocycles. The van der Waals surface area contributed by atoms with Gasteiger partial charge < -0.3 is 10.2 Å². The van der Waals surface area contributed by atoms with Crippen molar-refractivity contribution in [3.05, 3.63) is 70.2 Å². The normalized spacial score (nSPS) is 12.9. The van der Waals surface area contributed by atoms with Crippen LogP contribution < -0.4 is 5.32 Å². The number of halogens is 1. The summed E-state index contributed by atoms with van der Waals surface area (Å²) in [5.41, 5.74) is 2.04. The van der Waals surface area contributed by atoms with E-state index in [0.29, 0.717) is 19.4 Å². The van der Waals surface area contributed by atoms with Crippen molar-refractivity contribution in [3.8, 4) is 0 Å². The van der Waals surface area contributed by atoms with Crippen LogP contribution in [0.25, 0.3) is 0 Å². The summed E-state index contributed by atoms with van der Waals surface area (Å²) in [6.45, 7) is 6.26. The zero-order valence-corrected chi connectivity index (χ0v) is 18.4. The van der Waals surface area contributed by atoms with Crippen molar-refractivity contribution in [2.45, 2.75) is 58.7 Å². The van der Waals surface area contributed by atoms with Crippen LogP contribution in [0.3, 0.4) is 0 Å². The molecule has 0 aliphatic heterocycles. The van der Waals surface area contributed by atoms with E-state index in [0.717, 1.165) is 22.0 Å². The van der Waals surface area contributed by atoms with Gasteiger partial charge in [0, 0.05) is 29.9 Å². The van der Waals surface area contributed by atoms with Gasteiger partial charge >= 0.3 is 0 Å². The Labute approximate surface area is 176 Å². The second-order valence-electron chi connectivity index (χ2n) is 7.03. The van der Waals surface area contributed by atoms with E-state index in [1.54, 1.807) is 4.90 Å². The first kappa shape index (κ1) is 22.2. The lowest BCUT2D eigenvalue weighted by Gasteiger charge is -2.32. The second kappa shape index (κ2) is 11.0. The maximum Gasteiger partial charge on any atom is 0.243 e. The summed E-state index contributed by atoms with van der Waals surface area (Å²) >= 11 is 3.44. The number of rotatable bonds is 9. The topological polar surface area (TPSA) is 49.4 Å². The molecular weight excluding hydrogens is 416 g/mol. The Bertz CT molecular complexity index is 762. The molecule has 0 aromatic heterocycles. The van der Waals surface area contributed by atoms with Crippen LogP contribution in [0.2, 0.25) is 0 Å². The lowest BCUT2D eigenvalue weighted by Crippen LogP contribution is -2.52. The highest BCUT2D eigenvalue weighted by molar-refractivity contribution is 9.10. The Morgan fingerprint density at radius 1 is 1.00 bits per heavy atom. The van der Waals surface area contributed by atoms with Crippen molar-refractivity contribution in [1.82, 2.24) is 10.2 Å². The monoisotopic (exact) mass is 444 g/mol. The van der Waals surface area contributed by atoms with Gasteiger partial charge in [-0.1, -0.05) is 72.2 Å². The van der Waals surface area contributed by atoms with Crippen LogP contribution in [0.15, 0.2) is 59.1 Å². The minimum Gasteiger partial charge on any atom is -0.352 e. The number of hydrogen-bond acceptors (Lipinski definition) is 2. The molecule has 5 heteroatoms. The van der Waals surface area contributed by atoms with E-state index in [9.17, 15) is 9.59 Å². The molecule has 0 fully saturated rings. The minimum atomic E-state index is -0.549. The zero-order chi connectivity index (χ0) is 20.5. The summed E-state index contributed by atoms with van der Waals surface area (Å²) in [7, 11) is 0. The number of nitrogens with one attached hydrogen (secondary N) is 1. The van der Waals surface area contributed by atoms with Gasteiger partial charge in [-0.05, 0) is 36.6 Å². The second-order valence-corrected chi connectivity index (χ2v) is 7.94. The van der Waals surface area contributed by atoms with Gasteiger partial charge in [-0.3, -0.25) is 9.59 Å². The molecule has 2 rings (SSSR count). The Morgan fingerprint density at radius 3 is 2.21 bits per heavy atom. The Balaban J connectivity index is 2.33. The zero-order valence-electron chi connectivity index (χ0n) is 16.8. The van der Waals surface area contributed by atoms with Crippen LogP contribution >= 0.6 is 15.9 Å². The van der Waals surface area contributed by atoms with Crippen LogP contribution in [-0.4, -0.2) is 28.8 Å². The Morgan fingerprint density at radius 2 is 1.64 bits per heavy atom. The summed E-state index contributed by atoms with van der Waals surface area (Å²) < 4.78 is 0.986. The third kappa shape index (κ3) is 6.48. The maximum atomic E-state index is 13.1. The largest absolute Gasteiger partial charge is 0.352 e. The number of nitrogens with zero attached hydrogens (tertiary/aromatic N) is 1. The number of amides is 2. The molecule has 2 unspecified atom stereocenters. The Hall–Kier alpha value is -2.14. The summed E-state index contributed by atoms with van der Waals surface area (Å²) in [6, 6.07) is 17.2. The van der Waals surface area contributed by atoms with Crippen molar-refractivity contribution in [2.24, 2.45) is 0 Å². The highest BCUT2D eigenvalue weighted by atomic mass is 79.9. The molecule has 2 aromatic rings. The van der Waals surface area contributed by atoms with Gasteiger partial charge in [0.2, 0.25) is 11.8 Å². The standard InChI is InChI=1S/C23H29BrN2O2/c1-4-17(3)25-23(28)21(15-18-9-7-6-8-10-18)26(22(27)5-2)16-19-11-13-20(24)14-12-19/h6-14,17,21H,4-5,15-16H2,1-3H3,(H,25,28). The van der Waals surface area contributed by atoms with Gasteiger partial charge in [-0.2, -0.15) is 0 Å². The molecule has 150 valence electrons. The van der Waals surface area contributed by atoms with E-state index in [1.807, 2.05) is 75.4 Å². The smallest absolute Gasteiger partial charge is 0.243 e. The fraction of sp³-hybridized carbons (Fsp3) is 0.391. The molecule has 0 bridgehead atoms. The van der Waals surface area contributed by atoms with Gasteiger partial charge in [0.05, 0.1) is 0 Å². The molecule has 0 aliphatic rings. The molecule has 2 amide bonds. The Kier molecular flexibility index (Phi) is 8.71. The first-order chi connectivity index (χ1) is 13.4. The van der Waals surface area contributed by atoms with Crippen molar-refractivity contribution in [3.63, 3.8) is 0 Å². The molecule has 0 saturated heterocycles. The van der Waals surface area contributed by atoms with Crippen molar-refractivity contribution < 1.29 is 9.59 Å². The van der Waals surface area contributed by atoms with Crippen molar-refractivity contribution >= 4 is 27.7 Å². The molecule has 4 nitrogen and oxygen atoms in total. The first-order valence-corrected chi connectivity index (χ1v) is 10.6. The van der Waals surface area contributed by atoms with E-state index >= 15 is 0 Å². The van der Waals surface area contributed by atoms with E-state index in [1.165, 1.54) is 0 Å². The lowest BCUT2D eigenvalue weighted by atomic mass is 10.0. The SMILES string of the molecule is CCC(=O)N(Cc1ccc(Br)cc1)C(Cc1ccccc1)C(=O)NC(C)CC. The van der Waals surface area contributed by atoms with E-state index < -0.39 is 6.04 Å². The molecule has 0 radical (unpaired) electrons.